The fraction of sp³-hybridized carbons (Fsp3) is 0.174. The lowest BCUT2D eigenvalue weighted by Crippen LogP contribution is -2.24. The fourth-order valence-corrected chi connectivity index (χ4v) is 4.40. The number of imidazole rings is 1. The highest BCUT2D eigenvalue weighted by Gasteiger charge is 2.21. The van der Waals surface area contributed by atoms with Gasteiger partial charge in [0.1, 0.15) is 11.5 Å². The van der Waals surface area contributed by atoms with Crippen molar-refractivity contribution in [2.24, 2.45) is 4.99 Å². The molecule has 6 rings (SSSR count). The number of halogens is 1. The number of hydrogen-bond acceptors (Lipinski definition) is 8. The Morgan fingerprint density at radius 2 is 2.17 bits per heavy atom. The highest BCUT2D eigenvalue weighted by molar-refractivity contribution is 7.08. The molecule has 4 heterocycles. The van der Waals surface area contributed by atoms with E-state index in [4.69, 9.17) is 0 Å². The topological polar surface area (TPSA) is 136 Å². The number of rotatable bonds is 6. The Balaban J connectivity index is 1.42. The molecule has 1 fully saturated rings. The van der Waals surface area contributed by atoms with Crippen LogP contribution in [0.4, 0.5) is 10.3 Å². The van der Waals surface area contributed by atoms with E-state index in [2.05, 4.69) is 35.3 Å². The van der Waals surface area contributed by atoms with Crippen LogP contribution in [0.2, 0.25) is 0 Å². The zero-order chi connectivity index (χ0) is 23.9. The zero-order valence-electron chi connectivity index (χ0n) is 18.2. The molecule has 1 saturated carbocycles. The van der Waals surface area contributed by atoms with Crippen molar-refractivity contribution >= 4 is 29.0 Å². The third-order valence-electron chi connectivity index (χ3n) is 5.59. The van der Waals surface area contributed by atoms with Crippen LogP contribution < -0.4 is 21.8 Å². The van der Waals surface area contributed by atoms with E-state index in [0.29, 0.717) is 29.0 Å². The molecule has 0 unspecified atom stereocenters. The van der Waals surface area contributed by atoms with Crippen LogP contribution in [-0.2, 0) is 6.54 Å². The largest absolute Gasteiger partial charge is 0.493 e. The number of aromatic nitrogens is 6. The first-order valence-electron chi connectivity index (χ1n) is 10.9. The number of aromatic amines is 2. The Morgan fingerprint density at radius 3 is 2.91 bits per heavy atom. The molecule has 0 atom stereocenters. The molecule has 0 bridgehead atoms. The number of anilines is 1. The number of fused-ring (bicyclic) bond motifs is 1. The molecule has 35 heavy (non-hydrogen) atoms. The predicted molar refractivity (Wildman–Crippen MR) is 128 cm³/mol. The third-order valence-corrected chi connectivity index (χ3v) is 6.28. The molecule has 4 N–H and O–H groups in total. The SMILES string of the molecule is O=c1[nH]c(O)c(C=c2cnn3c(=NC4CC4)nc(NCc4cc(F)ccc4-c4ccsc4)nc23)[nH]1. The quantitative estimate of drug-likeness (QED) is 0.287. The van der Waals surface area contributed by atoms with Crippen molar-refractivity contribution < 1.29 is 9.50 Å². The first-order valence-corrected chi connectivity index (χ1v) is 11.9. The minimum atomic E-state index is -0.525. The van der Waals surface area contributed by atoms with Crippen LogP contribution >= 0.6 is 11.3 Å². The fourth-order valence-electron chi connectivity index (χ4n) is 3.74. The van der Waals surface area contributed by atoms with Gasteiger partial charge in [0.25, 0.3) is 5.62 Å². The average molecular weight is 491 g/mol. The first kappa shape index (κ1) is 21.2. The lowest BCUT2D eigenvalue weighted by Gasteiger charge is -2.10. The Kier molecular flexibility index (Phi) is 5.14. The van der Waals surface area contributed by atoms with Crippen LogP contribution in [0.15, 0.2) is 51.0 Å². The molecule has 5 aromatic rings. The van der Waals surface area contributed by atoms with Gasteiger partial charge in [-0.3, -0.25) is 4.98 Å². The van der Waals surface area contributed by atoms with Gasteiger partial charge in [-0.2, -0.15) is 30.9 Å². The van der Waals surface area contributed by atoms with E-state index in [1.54, 1.807) is 29.7 Å². The number of nitrogens with one attached hydrogen (secondary N) is 3. The van der Waals surface area contributed by atoms with Gasteiger partial charge < -0.3 is 15.4 Å². The summed E-state index contributed by atoms with van der Waals surface area (Å²) >= 11 is 1.58. The van der Waals surface area contributed by atoms with Crippen LogP contribution in [-0.4, -0.2) is 40.7 Å². The summed E-state index contributed by atoms with van der Waals surface area (Å²) in [5.74, 6) is -0.300. The van der Waals surface area contributed by atoms with Crippen LogP contribution in [0, 0.1) is 5.82 Å². The summed E-state index contributed by atoms with van der Waals surface area (Å²) in [6, 6.07) is 6.89. The van der Waals surface area contributed by atoms with Crippen LogP contribution in [0.5, 0.6) is 5.88 Å². The summed E-state index contributed by atoms with van der Waals surface area (Å²) in [4.78, 5) is 30.1. The lowest BCUT2D eigenvalue weighted by molar-refractivity contribution is 0.454. The summed E-state index contributed by atoms with van der Waals surface area (Å²) in [5, 5.41) is 22.0. The number of hydrogen-bond donors (Lipinski definition) is 4. The van der Waals surface area contributed by atoms with E-state index < -0.39 is 5.69 Å². The van der Waals surface area contributed by atoms with Gasteiger partial charge in [0.2, 0.25) is 11.8 Å². The van der Waals surface area contributed by atoms with Gasteiger partial charge >= 0.3 is 5.69 Å². The van der Waals surface area contributed by atoms with Crippen molar-refractivity contribution in [3.63, 3.8) is 0 Å². The average Bonchev–Trinajstić information content (AvgIpc) is 3.19. The van der Waals surface area contributed by atoms with Crippen LogP contribution in [0.1, 0.15) is 24.1 Å². The van der Waals surface area contributed by atoms with E-state index in [0.717, 1.165) is 29.5 Å². The van der Waals surface area contributed by atoms with Gasteiger partial charge in [-0.25, -0.2) is 14.2 Å². The number of benzene rings is 1. The number of nitrogens with zero attached hydrogens (tertiary/aromatic N) is 5. The Bertz CT molecular complexity index is 1720. The Labute approximate surface area is 200 Å². The van der Waals surface area contributed by atoms with Crippen molar-refractivity contribution in [2.75, 3.05) is 5.32 Å². The molecular formula is C23H19FN8O2S. The highest BCUT2D eigenvalue weighted by Crippen LogP contribution is 2.27. The molecule has 0 aliphatic heterocycles. The minimum Gasteiger partial charge on any atom is -0.493 e. The van der Waals surface area contributed by atoms with Crippen LogP contribution in [0.25, 0.3) is 22.9 Å². The summed E-state index contributed by atoms with van der Waals surface area (Å²) in [6.07, 6.45) is 5.10. The zero-order valence-corrected chi connectivity index (χ0v) is 19.0. The maximum absolute atomic E-state index is 14.1. The van der Waals surface area contributed by atoms with Gasteiger partial charge in [0.15, 0.2) is 5.65 Å². The Morgan fingerprint density at radius 1 is 1.29 bits per heavy atom. The van der Waals surface area contributed by atoms with Gasteiger partial charge in [0, 0.05) is 11.8 Å². The van der Waals surface area contributed by atoms with Crippen LogP contribution in [0.3, 0.4) is 0 Å². The molecule has 12 heteroatoms. The maximum atomic E-state index is 14.1. The molecule has 1 aliphatic rings. The van der Waals surface area contributed by atoms with E-state index in [-0.39, 0.29) is 23.4 Å². The third kappa shape index (κ3) is 4.30. The molecular weight excluding hydrogens is 471 g/mol. The van der Waals surface area contributed by atoms with Gasteiger partial charge in [0.05, 0.1) is 12.2 Å². The molecule has 1 aliphatic carbocycles. The lowest BCUT2D eigenvalue weighted by atomic mass is 10.0. The van der Waals surface area contributed by atoms with E-state index in [9.17, 15) is 14.3 Å². The summed E-state index contributed by atoms with van der Waals surface area (Å²) in [6.45, 7) is 0.293. The smallest absolute Gasteiger partial charge is 0.326 e. The summed E-state index contributed by atoms with van der Waals surface area (Å²) in [5.41, 5.74) is 3.23. The maximum Gasteiger partial charge on any atom is 0.326 e. The number of H-pyrrole nitrogens is 2. The van der Waals surface area contributed by atoms with Gasteiger partial charge in [-0.05, 0) is 64.6 Å². The normalized spacial score (nSPS) is 14.8. The second-order valence-corrected chi connectivity index (χ2v) is 8.98. The molecule has 0 radical (unpaired) electrons. The van der Waals surface area contributed by atoms with Gasteiger partial charge in [-0.1, -0.05) is 6.07 Å². The molecule has 10 nitrogen and oxygen atoms in total. The molecule has 0 saturated heterocycles. The first-order chi connectivity index (χ1) is 17.0. The summed E-state index contributed by atoms with van der Waals surface area (Å²) in [7, 11) is 0. The molecule has 1 aromatic carbocycles. The monoisotopic (exact) mass is 490 g/mol. The van der Waals surface area contributed by atoms with E-state index in [1.165, 1.54) is 16.6 Å². The van der Waals surface area contributed by atoms with Crippen molar-refractivity contribution in [3.8, 4) is 17.0 Å². The molecule has 0 spiro atoms. The van der Waals surface area contributed by atoms with E-state index in [1.807, 2.05) is 16.8 Å². The van der Waals surface area contributed by atoms with Crippen molar-refractivity contribution in [1.82, 2.24) is 29.5 Å². The molecule has 176 valence electrons. The second kappa shape index (κ2) is 8.47. The van der Waals surface area contributed by atoms with Crippen molar-refractivity contribution in [1.29, 1.82) is 0 Å². The number of thiophene rings is 1. The predicted octanol–water partition coefficient (Wildman–Crippen LogP) is 1.94. The van der Waals surface area contributed by atoms with Crippen molar-refractivity contribution in [3.05, 3.63) is 79.6 Å². The number of aromatic hydroxyl groups is 1. The highest BCUT2D eigenvalue weighted by atomic mass is 32.1. The van der Waals surface area contributed by atoms with Crippen molar-refractivity contribution in [2.45, 2.75) is 25.4 Å². The summed E-state index contributed by atoms with van der Waals surface area (Å²) < 4.78 is 15.6. The molecule has 0 amide bonds. The second-order valence-electron chi connectivity index (χ2n) is 8.20. The molecule has 4 aromatic heterocycles. The minimum absolute atomic E-state index is 0.191. The standard InChI is InChI=1S/C23H19FN8O2S/c24-15-1-4-17(12-5-6-35-11-12)13(7-15)9-25-21-29-19-14(8-18-20(33)30-23(34)28-18)10-26-32(19)22(31-21)27-16-2-3-16/h1,4-8,10-11,16,33H,2-3,9H2,(H,25,27,31)(H2,28,30,34). The van der Waals surface area contributed by atoms with Gasteiger partial charge in [-0.15, -0.1) is 0 Å². The van der Waals surface area contributed by atoms with E-state index >= 15 is 0 Å². The Hall–Kier alpha value is -4.32.